The van der Waals surface area contributed by atoms with E-state index in [-0.39, 0.29) is 5.41 Å². The largest absolute Gasteiger partial charge is 0.0619 e. The van der Waals surface area contributed by atoms with E-state index in [4.69, 9.17) is 0 Å². The van der Waals surface area contributed by atoms with Crippen LogP contribution in [0.2, 0.25) is 0 Å². The highest BCUT2D eigenvalue weighted by atomic mass is 14.5. The Morgan fingerprint density at radius 2 is 1.42 bits per heavy atom. The maximum absolute atomic E-state index is 2.39. The van der Waals surface area contributed by atoms with Crippen molar-refractivity contribution in [3.8, 4) is 22.3 Å². The van der Waals surface area contributed by atoms with Crippen LogP contribution in [0.1, 0.15) is 42.4 Å². The van der Waals surface area contributed by atoms with Gasteiger partial charge in [-0.15, -0.1) is 0 Å². The molecule has 2 aliphatic rings. The fourth-order valence-corrected chi connectivity index (χ4v) is 5.08. The van der Waals surface area contributed by atoms with Crippen LogP contribution >= 0.6 is 0 Å². The summed E-state index contributed by atoms with van der Waals surface area (Å²) in [7, 11) is 0. The fourth-order valence-electron chi connectivity index (χ4n) is 5.08. The van der Waals surface area contributed by atoms with Gasteiger partial charge >= 0.3 is 0 Å². The molecule has 0 heterocycles. The van der Waals surface area contributed by atoms with E-state index < -0.39 is 0 Å². The summed E-state index contributed by atoms with van der Waals surface area (Å²) in [5.74, 6) is 0. The number of benzene rings is 3. The molecule has 0 atom stereocenters. The van der Waals surface area contributed by atoms with Crippen molar-refractivity contribution in [3.63, 3.8) is 0 Å². The molecule has 1 spiro atoms. The van der Waals surface area contributed by atoms with Crippen molar-refractivity contribution in [3.05, 3.63) is 83.4 Å². The molecule has 118 valence electrons. The number of aryl methyl sites for hydroxylation is 1. The van der Waals surface area contributed by atoms with Gasteiger partial charge < -0.3 is 0 Å². The van der Waals surface area contributed by atoms with E-state index in [2.05, 4.69) is 73.7 Å². The van der Waals surface area contributed by atoms with Crippen LogP contribution in [-0.2, 0) is 5.41 Å². The van der Waals surface area contributed by atoms with Gasteiger partial charge in [0, 0.05) is 5.41 Å². The van der Waals surface area contributed by atoms with Gasteiger partial charge in [-0.1, -0.05) is 85.1 Å². The maximum atomic E-state index is 2.39. The summed E-state index contributed by atoms with van der Waals surface area (Å²) < 4.78 is 0. The number of hydrogen-bond donors (Lipinski definition) is 0. The highest BCUT2D eigenvalue weighted by Gasteiger charge is 2.45. The molecule has 5 rings (SSSR count). The van der Waals surface area contributed by atoms with Crippen molar-refractivity contribution in [2.75, 3.05) is 0 Å². The first-order chi connectivity index (χ1) is 11.8. The fraction of sp³-hybridized carbons (Fsp3) is 0.250. The molecule has 1 fully saturated rings. The number of fused-ring (bicyclic) bond motifs is 5. The topological polar surface area (TPSA) is 0 Å². The van der Waals surface area contributed by atoms with Crippen molar-refractivity contribution >= 4 is 0 Å². The Kier molecular flexibility index (Phi) is 2.97. The van der Waals surface area contributed by atoms with Gasteiger partial charge in [-0.25, -0.2) is 0 Å². The molecule has 2 aliphatic carbocycles. The molecule has 0 unspecified atom stereocenters. The molecule has 0 heteroatoms. The van der Waals surface area contributed by atoms with E-state index >= 15 is 0 Å². The number of hydrogen-bond acceptors (Lipinski definition) is 0. The monoisotopic (exact) mass is 310 g/mol. The zero-order chi connectivity index (χ0) is 16.1. The predicted molar refractivity (Wildman–Crippen MR) is 101 cm³/mol. The van der Waals surface area contributed by atoms with Crippen LogP contribution in [0.5, 0.6) is 0 Å². The Bertz CT molecular complexity index is 926. The van der Waals surface area contributed by atoms with Gasteiger partial charge in [0.1, 0.15) is 0 Å². The Hall–Kier alpha value is -2.34. The van der Waals surface area contributed by atoms with Crippen LogP contribution in [0.25, 0.3) is 22.3 Å². The molecular weight excluding hydrogens is 288 g/mol. The van der Waals surface area contributed by atoms with Gasteiger partial charge in [-0.05, 0) is 53.1 Å². The van der Waals surface area contributed by atoms with E-state index in [1.165, 1.54) is 53.5 Å². The van der Waals surface area contributed by atoms with Gasteiger partial charge in [0.2, 0.25) is 0 Å². The van der Waals surface area contributed by atoms with Crippen LogP contribution in [0.15, 0.2) is 66.7 Å². The third-order valence-electron chi connectivity index (χ3n) is 6.08. The molecular formula is C24H22. The first kappa shape index (κ1) is 14.0. The summed E-state index contributed by atoms with van der Waals surface area (Å²) in [4.78, 5) is 0. The lowest BCUT2D eigenvalue weighted by Crippen LogP contribution is -2.20. The minimum Gasteiger partial charge on any atom is -0.0619 e. The molecule has 0 saturated heterocycles. The minimum absolute atomic E-state index is 0.270. The summed E-state index contributed by atoms with van der Waals surface area (Å²) >= 11 is 0. The zero-order valence-corrected chi connectivity index (χ0v) is 14.2. The van der Waals surface area contributed by atoms with Crippen LogP contribution in [-0.4, -0.2) is 0 Å². The molecule has 0 nitrogen and oxygen atoms in total. The van der Waals surface area contributed by atoms with Crippen LogP contribution in [0, 0.1) is 6.92 Å². The molecule has 0 amide bonds. The third kappa shape index (κ3) is 1.80. The summed E-state index contributed by atoms with van der Waals surface area (Å²) in [6.45, 7) is 2.18. The second-order valence-corrected chi connectivity index (χ2v) is 7.43. The van der Waals surface area contributed by atoms with Crippen molar-refractivity contribution < 1.29 is 0 Å². The Morgan fingerprint density at radius 1 is 0.708 bits per heavy atom. The molecule has 3 aromatic rings. The quantitative estimate of drug-likeness (QED) is 0.481. The summed E-state index contributed by atoms with van der Waals surface area (Å²) in [6.07, 6.45) is 5.30. The van der Waals surface area contributed by atoms with Crippen LogP contribution < -0.4 is 0 Å². The van der Waals surface area contributed by atoms with E-state index in [1.54, 1.807) is 11.1 Å². The Morgan fingerprint density at radius 3 is 2.25 bits per heavy atom. The highest BCUT2D eigenvalue weighted by Crippen LogP contribution is 2.58. The van der Waals surface area contributed by atoms with E-state index in [0.29, 0.717) is 0 Å². The maximum Gasteiger partial charge on any atom is 0.0215 e. The standard InChI is InChI=1S/C24H22/c1-17-8-6-9-18(16-17)19-11-7-13-22-23(19)20-10-2-3-12-21(20)24(22)14-4-5-15-24/h2-3,6-13,16H,4-5,14-15H2,1H3. The molecule has 24 heavy (non-hydrogen) atoms. The summed E-state index contributed by atoms with van der Waals surface area (Å²) in [5, 5.41) is 0. The van der Waals surface area contributed by atoms with Gasteiger partial charge in [0.25, 0.3) is 0 Å². The van der Waals surface area contributed by atoms with E-state index in [0.717, 1.165) is 0 Å². The minimum atomic E-state index is 0.270. The van der Waals surface area contributed by atoms with E-state index in [9.17, 15) is 0 Å². The lowest BCUT2D eigenvalue weighted by molar-refractivity contribution is 0.550. The first-order valence-corrected chi connectivity index (χ1v) is 9.10. The third-order valence-corrected chi connectivity index (χ3v) is 6.08. The van der Waals surface area contributed by atoms with Crippen LogP contribution in [0.4, 0.5) is 0 Å². The molecule has 0 aromatic heterocycles. The van der Waals surface area contributed by atoms with Crippen molar-refractivity contribution in [2.24, 2.45) is 0 Å². The van der Waals surface area contributed by atoms with Crippen molar-refractivity contribution in [2.45, 2.75) is 38.0 Å². The predicted octanol–water partition coefficient (Wildman–Crippen LogP) is 6.50. The second-order valence-electron chi connectivity index (χ2n) is 7.43. The van der Waals surface area contributed by atoms with Crippen LogP contribution in [0.3, 0.4) is 0 Å². The second kappa shape index (κ2) is 5.08. The molecule has 0 N–H and O–H groups in total. The van der Waals surface area contributed by atoms with Crippen molar-refractivity contribution in [1.82, 2.24) is 0 Å². The highest BCUT2D eigenvalue weighted by molar-refractivity contribution is 5.92. The smallest absolute Gasteiger partial charge is 0.0215 e. The average Bonchev–Trinajstić information content (AvgIpc) is 3.21. The zero-order valence-electron chi connectivity index (χ0n) is 14.2. The van der Waals surface area contributed by atoms with Gasteiger partial charge in [0.15, 0.2) is 0 Å². The van der Waals surface area contributed by atoms with Crippen molar-refractivity contribution in [1.29, 1.82) is 0 Å². The lowest BCUT2D eigenvalue weighted by atomic mass is 9.76. The average molecular weight is 310 g/mol. The molecule has 3 aromatic carbocycles. The SMILES string of the molecule is Cc1cccc(-c2cccc3c2-c2ccccc2C32CCCC2)c1. The number of rotatable bonds is 1. The summed E-state index contributed by atoms with van der Waals surface area (Å²) in [5.41, 5.74) is 10.4. The molecule has 0 radical (unpaired) electrons. The first-order valence-electron chi connectivity index (χ1n) is 9.10. The Labute approximate surface area is 144 Å². The molecule has 1 saturated carbocycles. The molecule has 0 bridgehead atoms. The normalized spacial score (nSPS) is 17.0. The van der Waals surface area contributed by atoms with Gasteiger partial charge in [-0.2, -0.15) is 0 Å². The van der Waals surface area contributed by atoms with Gasteiger partial charge in [0.05, 0.1) is 0 Å². The van der Waals surface area contributed by atoms with E-state index in [1.807, 2.05) is 0 Å². The molecule has 0 aliphatic heterocycles. The van der Waals surface area contributed by atoms with Gasteiger partial charge in [-0.3, -0.25) is 0 Å². The summed E-state index contributed by atoms with van der Waals surface area (Å²) in [6, 6.07) is 25.0. The lowest BCUT2D eigenvalue weighted by Gasteiger charge is -2.26. The Balaban J connectivity index is 1.84.